The van der Waals surface area contributed by atoms with Gasteiger partial charge in [-0.25, -0.2) is 13.6 Å². The van der Waals surface area contributed by atoms with Gasteiger partial charge < -0.3 is 62.0 Å². The van der Waals surface area contributed by atoms with Crippen molar-refractivity contribution in [2.45, 2.75) is 142 Å². The lowest BCUT2D eigenvalue weighted by Gasteiger charge is -2.41. The summed E-state index contributed by atoms with van der Waals surface area (Å²) >= 11 is 0. The molecule has 1 aromatic heterocycles. The summed E-state index contributed by atoms with van der Waals surface area (Å²) in [4.78, 5) is 160. The predicted octanol–water partition coefficient (Wildman–Crippen LogP) is 1.40. The van der Waals surface area contributed by atoms with Crippen LogP contribution < -0.4 is 32.3 Å². The third-order valence-corrected chi connectivity index (χ3v) is 13.8. The molecule has 0 radical (unpaired) electrons. The molecule has 1 aliphatic heterocycles. The topological polar surface area (TPSA) is 366 Å². The molecule has 2 aromatic carbocycles. The van der Waals surface area contributed by atoms with Crippen LogP contribution in [0.1, 0.15) is 110 Å². The number of nitrogens with two attached hydrogens (primary N) is 1. The predicted molar refractivity (Wildman–Crippen MR) is 297 cm³/mol. The van der Waals surface area contributed by atoms with Crippen LogP contribution >= 0.6 is 0 Å². The fourth-order valence-corrected chi connectivity index (χ4v) is 9.36. The van der Waals surface area contributed by atoms with E-state index in [-0.39, 0.29) is 24.1 Å². The van der Waals surface area contributed by atoms with Crippen LogP contribution in [-0.4, -0.2) is 169 Å². The Bertz CT molecular complexity index is 2950. The first-order valence-corrected chi connectivity index (χ1v) is 27.1. The second-order valence-electron chi connectivity index (χ2n) is 21.3. The number of aliphatic hydroxyl groups is 1. The third-order valence-electron chi connectivity index (χ3n) is 13.8. The van der Waals surface area contributed by atoms with Crippen molar-refractivity contribution in [3.05, 3.63) is 95.8 Å². The van der Waals surface area contributed by atoms with E-state index in [9.17, 15) is 72.1 Å². The second kappa shape index (κ2) is 31.0. The number of primary amides is 1. The highest BCUT2D eigenvalue weighted by Gasteiger charge is 2.40. The molecule has 0 bridgehead atoms. The SMILES string of the molecule is CCCCC(C(=O)N[C@@H](C)C(=O)N(C)[C@@H](C)C(=O)N[C@@H](CC(N)=O)C(=O)N[C@@H](CCN(C(=O)CO)[C@@H](c1cc(-c2cc(F)ccc2F)cn1Cc1ccccc1)C(C)(C)C)C(=O)NCCC(=O)N[C@H](CCC(=O)O)C(=O)O)N1C(=O)C=CC1=O. The minimum atomic E-state index is -1.86. The number of aliphatic hydroxyl groups excluding tert-OH is 1. The van der Waals surface area contributed by atoms with Crippen molar-refractivity contribution < 1.29 is 81.6 Å². The van der Waals surface area contributed by atoms with Crippen LogP contribution in [0.15, 0.2) is 72.9 Å². The number of hydrogen-bond acceptors (Lipinski definition) is 13. The standard InChI is InChI=1S/C57H74F2N10O15/c1-8-9-15-42(69-46(73)19-20-47(69)74)54(81)62-32(2)55(82)66(7)33(3)51(78)65-41(28-44(60)71)53(80)64-39(52(79)61-24-22-45(72)63-40(56(83)84)18-21-49(76)77)23-25-68(48(75)31-70)50(57(4,5)6)43-26-35(37-27-36(58)16-17-38(37)59)30-67(43)29-34-13-11-10-12-14-34/h10-14,16-17,19-20,26-27,30,32-33,39-42,50,70H,8-9,15,18,21-25,28-29,31H2,1-7H3,(H2,60,71)(H,61,79)(H,62,81)(H,63,72)(H,64,80)(H,65,78)(H,76,77)(H,83,84)/t32-,33-,39-,40+,41-,42?,50-/m0/s1. The quantitative estimate of drug-likeness (QED) is 0.0399. The maximum Gasteiger partial charge on any atom is 0.326 e. The summed E-state index contributed by atoms with van der Waals surface area (Å²) in [6, 6.07) is 3.22. The fraction of sp³-hybridized carbons (Fsp3) is 0.474. The number of imide groups is 1. The summed E-state index contributed by atoms with van der Waals surface area (Å²) in [6.07, 6.45) is 1.74. The smallest absolute Gasteiger partial charge is 0.326 e. The Morgan fingerprint density at radius 3 is 1.99 bits per heavy atom. The highest BCUT2D eigenvalue weighted by molar-refractivity contribution is 6.15. The minimum absolute atomic E-state index is 0.0936. The highest BCUT2D eigenvalue weighted by atomic mass is 19.1. The van der Waals surface area contributed by atoms with Gasteiger partial charge in [0, 0.05) is 74.7 Å². The Balaban J connectivity index is 1.68. The summed E-state index contributed by atoms with van der Waals surface area (Å²) < 4.78 is 31.8. The Kier molecular flexibility index (Phi) is 24.9. The number of likely N-dealkylation sites (N-methyl/N-ethyl adjacent to an activating group) is 1. The van der Waals surface area contributed by atoms with E-state index in [0.29, 0.717) is 18.5 Å². The minimum Gasteiger partial charge on any atom is -0.481 e. The molecule has 3 aromatic rings. The van der Waals surface area contributed by atoms with Crippen molar-refractivity contribution in [1.29, 1.82) is 0 Å². The largest absolute Gasteiger partial charge is 0.481 e. The number of amides is 10. The lowest BCUT2D eigenvalue weighted by molar-refractivity contribution is -0.147. The van der Waals surface area contributed by atoms with Crippen LogP contribution in [0.5, 0.6) is 0 Å². The lowest BCUT2D eigenvalue weighted by atomic mass is 9.82. The number of carbonyl (C=O) groups is 12. The van der Waals surface area contributed by atoms with Gasteiger partial charge in [0.1, 0.15) is 54.5 Å². The monoisotopic (exact) mass is 1180 g/mol. The molecular formula is C57H74F2N10O15. The van der Waals surface area contributed by atoms with Gasteiger partial charge in [-0.15, -0.1) is 0 Å². The number of carboxylic acid groups (broad SMARTS) is 2. The number of benzene rings is 2. The number of unbranched alkanes of at least 4 members (excludes halogenated alkanes) is 1. The average Bonchev–Trinajstić information content (AvgIpc) is 4.04. The molecule has 25 nitrogen and oxygen atoms in total. The van der Waals surface area contributed by atoms with E-state index in [1.165, 1.54) is 25.8 Å². The average molecular weight is 1180 g/mol. The van der Waals surface area contributed by atoms with E-state index in [1.807, 2.05) is 19.1 Å². The van der Waals surface area contributed by atoms with Gasteiger partial charge in [-0.2, -0.15) is 0 Å². The first kappa shape index (κ1) is 67.6. The molecule has 84 heavy (non-hydrogen) atoms. The molecule has 2 heterocycles. The Morgan fingerprint density at radius 1 is 0.762 bits per heavy atom. The zero-order chi connectivity index (χ0) is 62.7. The maximum absolute atomic E-state index is 15.4. The molecule has 0 saturated heterocycles. The number of nitrogens with one attached hydrogen (secondary N) is 5. The molecule has 10 N–H and O–H groups in total. The van der Waals surface area contributed by atoms with Crippen molar-refractivity contribution in [1.82, 2.24) is 45.9 Å². The van der Waals surface area contributed by atoms with Gasteiger partial charge in [-0.3, -0.25) is 57.6 Å². The molecule has 1 aliphatic rings. The van der Waals surface area contributed by atoms with Crippen LogP contribution in [0.25, 0.3) is 11.1 Å². The number of carbonyl (C=O) groups excluding carboxylic acids is 10. The first-order valence-electron chi connectivity index (χ1n) is 27.1. The summed E-state index contributed by atoms with van der Waals surface area (Å²) in [6.45, 7) is 7.76. The number of hydrogen-bond donors (Lipinski definition) is 9. The Morgan fingerprint density at radius 2 is 1.40 bits per heavy atom. The van der Waals surface area contributed by atoms with E-state index in [2.05, 4.69) is 26.6 Å². The summed E-state index contributed by atoms with van der Waals surface area (Å²) in [5, 5.41) is 41.0. The van der Waals surface area contributed by atoms with Gasteiger partial charge in [0.15, 0.2) is 0 Å². The van der Waals surface area contributed by atoms with Gasteiger partial charge in [0.05, 0.1) is 12.5 Å². The number of aliphatic carboxylic acids is 2. The fourth-order valence-electron chi connectivity index (χ4n) is 9.36. The number of halogens is 2. The van der Waals surface area contributed by atoms with Crippen LogP contribution in [0.3, 0.4) is 0 Å². The van der Waals surface area contributed by atoms with Crippen molar-refractivity contribution in [3.8, 4) is 11.1 Å². The van der Waals surface area contributed by atoms with Gasteiger partial charge in [0.25, 0.3) is 11.8 Å². The molecule has 0 aliphatic carbocycles. The maximum atomic E-state index is 15.4. The molecule has 0 spiro atoms. The van der Waals surface area contributed by atoms with Crippen LogP contribution in [0.2, 0.25) is 0 Å². The number of carboxylic acids is 2. The van der Waals surface area contributed by atoms with Crippen LogP contribution in [0.4, 0.5) is 8.78 Å². The zero-order valence-electron chi connectivity index (χ0n) is 47.8. The zero-order valence-corrected chi connectivity index (χ0v) is 47.8. The first-order chi connectivity index (χ1) is 39.5. The van der Waals surface area contributed by atoms with Crippen LogP contribution in [0, 0.1) is 17.0 Å². The van der Waals surface area contributed by atoms with Gasteiger partial charge in [-0.05, 0) is 68.4 Å². The van der Waals surface area contributed by atoms with Crippen molar-refractivity contribution in [2.24, 2.45) is 11.1 Å². The van der Waals surface area contributed by atoms with E-state index in [0.717, 1.165) is 45.7 Å². The number of rotatable bonds is 32. The summed E-state index contributed by atoms with van der Waals surface area (Å²) in [5.41, 5.74) is 5.84. The Labute approximate surface area is 483 Å². The molecule has 10 amide bonds. The summed E-state index contributed by atoms with van der Waals surface area (Å²) in [5.74, 6) is -13.6. The summed E-state index contributed by atoms with van der Waals surface area (Å²) in [7, 11) is 1.20. The second-order valence-corrected chi connectivity index (χ2v) is 21.3. The molecule has 27 heteroatoms. The van der Waals surface area contributed by atoms with Crippen molar-refractivity contribution in [2.75, 3.05) is 26.7 Å². The molecule has 0 saturated carbocycles. The molecule has 1 unspecified atom stereocenters. The van der Waals surface area contributed by atoms with Gasteiger partial charge in [0.2, 0.25) is 47.3 Å². The molecule has 0 fully saturated rings. The normalized spacial score (nSPS) is 14.7. The van der Waals surface area contributed by atoms with Gasteiger partial charge >= 0.3 is 11.9 Å². The number of aromatic nitrogens is 1. The third kappa shape index (κ3) is 19.1. The van der Waals surface area contributed by atoms with E-state index < -0.39 is 182 Å². The molecular weight excluding hydrogens is 1100 g/mol. The van der Waals surface area contributed by atoms with E-state index >= 15 is 4.39 Å². The van der Waals surface area contributed by atoms with E-state index in [4.69, 9.17) is 10.8 Å². The Hall–Kier alpha value is -8.88. The molecule has 4 rings (SSSR count). The van der Waals surface area contributed by atoms with Crippen LogP contribution in [-0.2, 0) is 64.1 Å². The number of nitrogens with zero attached hydrogens (tertiary/aromatic N) is 4. The highest BCUT2D eigenvalue weighted by Crippen LogP contribution is 2.41. The van der Waals surface area contributed by atoms with E-state index in [1.54, 1.807) is 55.8 Å². The molecule has 7 atom stereocenters. The van der Waals surface area contributed by atoms with Gasteiger partial charge in [-0.1, -0.05) is 70.9 Å². The van der Waals surface area contributed by atoms with Crippen molar-refractivity contribution in [3.63, 3.8) is 0 Å². The molecule has 456 valence electrons. The van der Waals surface area contributed by atoms with Crippen molar-refractivity contribution >= 4 is 71.0 Å². The lowest BCUT2D eigenvalue weighted by Crippen LogP contribution is -2.59.